The molecule has 0 amide bonds. The number of rotatable bonds is 7. The quantitative estimate of drug-likeness (QED) is 0.358. The summed E-state index contributed by atoms with van der Waals surface area (Å²) in [7, 11) is -1.02. The number of aromatic nitrogens is 2. The molecule has 3 saturated heterocycles. The number of fused-ring (bicyclic) bond motifs is 3. The molecular formula is C31H41FN4OS. The highest BCUT2D eigenvalue weighted by atomic mass is 32.2. The molecule has 3 aromatic rings. The van der Waals surface area contributed by atoms with E-state index in [4.69, 9.17) is 0 Å². The van der Waals surface area contributed by atoms with Gasteiger partial charge in [-0.15, -0.1) is 0 Å². The zero-order chi connectivity index (χ0) is 26.4. The van der Waals surface area contributed by atoms with E-state index in [1.807, 2.05) is 34.9 Å². The lowest BCUT2D eigenvalue weighted by molar-refractivity contribution is 0.0234. The summed E-state index contributed by atoms with van der Waals surface area (Å²) in [6, 6.07) is 12.2. The van der Waals surface area contributed by atoms with Crippen molar-refractivity contribution in [1.29, 1.82) is 0 Å². The summed E-state index contributed by atoms with van der Waals surface area (Å²) in [4.78, 5) is 11.0. The third kappa shape index (κ3) is 4.98. The predicted molar refractivity (Wildman–Crippen MR) is 153 cm³/mol. The molecule has 0 spiro atoms. The van der Waals surface area contributed by atoms with Crippen molar-refractivity contribution in [3.63, 3.8) is 0 Å². The van der Waals surface area contributed by atoms with E-state index < -0.39 is 10.8 Å². The molecule has 0 radical (unpaired) electrons. The van der Waals surface area contributed by atoms with E-state index in [0.717, 1.165) is 65.8 Å². The van der Waals surface area contributed by atoms with Gasteiger partial charge in [-0.25, -0.2) is 9.37 Å². The Kier molecular flexibility index (Phi) is 7.45. The van der Waals surface area contributed by atoms with E-state index in [-0.39, 0.29) is 5.82 Å². The molecule has 38 heavy (non-hydrogen) atoms. The Bertz CT molecular complexity index is 1290. The third-order valence-corrected chi connectivity index (χ3v) is 10.4. The van der Waals surface area contributed by atoms with Crippen LogP contribution in [0.2, 0.25) is 0 Å². The fourth-order valence-corrected chi connectivity index (χ4v) is 8.14. The molecule has 3 aliphatic heterocycles. The number of halogens is 1. The number of pyridine rings is 1. The Morgan fingerprint density at radius 1 is 1.03 bits per heavy atom. The number of imidazole rings is 1. The normalized spacial score (nSPS) is 26.7. The average Bonchev–Trinajstić information content (AvgIpc) is 3.47. The van der Waals surface area contributed by atoms with Crippen LogP contribution < -0.4 is 0 Å². The van der Waals surface area contributed by atoms with E-state index in [2.05, 4.69) is 34.8 Å². The zero-order valence-corrected chi connectivity index (χ0v) is 23.8. The van der Waals surface area contributed by atoms with Crippen LogP contribution in [0.25, 0.3) is 16.9 Å². The van der Waals surface area contributed by atoms with Crippen LogP contribution in [0.3, 0.4) is 0 Å². The van der Waals surface area contributed by atoms with Gasteiger partial charge in [-0.1, -0.05) is 25.5 Å². The molecule has 5 heterocycles. The van der Waals surface area contributed by atoms with Crippen LogP contribution in [-0.2, 0) is 10.8 Å². The van der Waals surface area contributed by atoms with E-state index in [1.165, 1.54) is 38.5 Å². The highest BCUT2D eigenvalue weighted by Crippen LogP contribution is 2.41. The summed E-state index contributed by atoms with van der Waals surface area (Å²) in [5.74, 6) is 0.129. The van der Waals surface area contributed by atoms with Crippen LogP contribution in [0.4, 0.5) is 4.39 Å². The maximum atomic E-state index is 15.2. The Labute approximate surface area is 228 Å². The lowest BCUT2D eigenvalue weighted by atomic mass is 9.87. The smallest absolute Gasteiger partial charge is 0.173 e. The molecular weight excluding hydrogens is 495 g/mol. The van der Waals surface area contributed by atoms with Gasteiger partial charge < -0.3 is 9.30 Å². The van der Waals surface area contributed by atoms with Gasteiger partial charge in [-0.05, 0) is 94.6 Å². The van der Waals surface area contributed by atoms with Crippen molar-refractivity contribution < 1.29 is 8.60 Å². The number of hydrogen-bond donors (Lipinski definition) is 0. The van der Waals surface area contributed by atoms with E-state index in [1.54, 1.807) is 12.3 Å². The molecule has 0 saturated carbocycles. The van der Waals surface area contributed by atoms with Crippen molar-refractivity contribution in [3.8, 4) is 11.3 Å². The second kappa shape index (κ2) is 10.8. The third-order valence-electron chi connectivity index (χ3n) is 9.51. The standard InChI is InChI=1S/C31H41FN4OS/c1-4-5-21(2)36-25-8-9-26(36)18-27(17-25)34-14-12-22(13-15-34)24-16-29(32)31-33-30(20-35(31)19-24)23-6-10-28(11-7-23)38(3)37/h6-7,10-11,16,19-22,25-27H,4-5,8-9,12-15,17-18H2,1-3H3. The molecule has 7 heteroatoms. The maximum absolute atomic E-state index is 15.2. The number of hydrogen-bond acceptors (Lipinski definition) is 4. The van der Waals surface area contributed by atoms with Gasteiger partial charge in [-0.3, -0.25) is 9.11 Å². The first-order chi connectivity index (χ1) is 18.4. The minimum Gasteiger partial charge on any atom is -0.304 e. The van der Waals surface area contributed by atoms with E-state index in [9.17, 15) is 4.21 Å². The molecule has 4 unspecified atom stereocenters. The van der Waals surface area contributed by atoms with Gasteiger partial charge in [0.15, 0.2) is 11.5 Å². The Morgan fingerprint density at radius 3 is 2.34 bits per heavy atom. The largest absolute Gasteiger partial charge is 0.304 e. The molecule has 3 aliphatic rings. The van der Waals surface area contributed by atoms with E-state index in [0.29, 0.717) is 17.6 Å². The van der Waals surface area contributed by atoms with Crippen LogP contribution >= 0.6 is 0 Å². The van der Waals surface area contributed by atoms with Crippen molar-refractivity contribution in [3.05, 3.63) is 54.1 Å². The number of piperidine rings is 2. The zero-order valence-electron chi connectivity index (χ0n) is 23.0. The predicted octanol–water partition coefficient (Wildman–Crippen LogP) is 6.24. The summed E-state index contributed by atoms with van der Waals surface area (Å²) in [5, 5.41) is 0. The van der Waals surface area contributed by atoms with Gasteiger partial charge in [-0.2, -0.15) is 0 Å². The van der Waals surface area contributed by atoms with Crippen molar-refractivity contribution in [1.82, 2.24) is 19.2 Å². The van der Waals surface area contributed by atoms with Crippen LogP contribution in [0.5, 0.6) is 0 Å². The Morgan fingerprint density at radius 2 is 1.71 bits per heavy atom. The van der Waals surface area contributed by atoms with Crippen molar-refractivity contribution in [2.45, 2.75) is 100 Å². The lowest BCUT2D eigenvalue weighted by Gasteiger charge is -2.47. The summed E-state index contributed by atoms with van der Waals surface area (Å²) < 4.78 is 28.7. The van der Waals surface area contributed by atoms with Gasteiger partial charge in [0, 0.05) is 64.1 Å². The van der Waals surface area contributed by atoms with Gasteiger partial charge in [0.25, 0.3) is 0 Å². The second-order valence-corrected chi connectivity index (χ2v) is 13.2. The first kappa shape index (κ1) is 26.1. The summed E-state index contributed by atoms with van der Waals surface area (Å²) in [6.45, 7) is 6.96. The molecule has 2 aromatic heterocycles. The second-order valence-electron chi connectivity index (χ2n) is 11.9. The van der Waals surface area contributed by atoms with Gasteiger partial charge in [0.2, 0.25) is 0 Å². The molecule has 6 rings (SSSR count). The van der Waals surface area contributed by atoms with Crippen molar-refractivity contribution in [2.75, 3.05) is 19.3 Å². The molecule has 0 aliphatic carbocycles. The molecule has 3 fully saturated rings. The first-order valence-electron chi connectivity index (χ1n) is 14.5. The Hall–Kier alpha value is -2.09. The van der Waals surface area contributed by atoms with Gasteiger partial charge >= 0.3 is 0 Å². The molecule has 0 N–H and O–H groups in total. The highest BCUT2D eigenvalue weighted by molar-refractivity contribution is 7.84. The number of benzene rings is 1. The summed E-state index contributed by atoms with van der Waals surface area (Å²) in [5.41, 5.74) is 3.09. The summed E-state index contributed by atoms with van der Waals surface area (Å²) in [6.07, 6.45) is 15.8. The maximum Gasteiger partial charge on any atom is 0.173 e. The Balaban J connectivity index is 1.12. The number of nitrogens with zero attached hydrogens (tertiary/aromatic N) is 4. The van der Waals surface area contributed by atoms with Crippen LogP contribution in [0.1, 0.15) is 76.7 Å². The topological polar surface area (TPSA) is 40.8 Å². The highest BCUT2D eigenvalue weighted by Gasteiger charge is 2.44. The average molecular weight is 537 g/mol. The minimum atomic E-state index is -1.02. The van der Waals surface area contributed by atoms with Crippen LogP contribution in [0.15, 0.2) is 47.6 Å². The van der Waals surface area contributed by atoms with Crippen molar-refractivity contribution >= 4 is 16.4 Å². The molecule has 204 valence electrons. The SMILES string of the molecule is CCCC(C)N1C2CCC1CC(N1CCC(c3cc(F)c4nc(-c5ccc(S(C)=O)cc5)cn4c3)CC1)C2. The molecule has 5 nitrogen and oxygen atoms in total. The summed E-state index contributed by atoms with van der Waals surface area (Å²) >= 11 is 0. The van der Waals surface area contributed by atoms with Gasteiger partial charge in [0.05, 0.1) is 5.69 Å². The minimum absolute atomic E-state index is 0.257. The monoisotopic (exact) mass is 536 g/mol. The lowest BCUT2D eigenvalue weighted by Crippen LogP contribution is -2.54. The molecule has 1 aromatic carbocycles. The van der Waals surface area contributed by atoms with Crippen molar-refractivity contribution in [2.24, 2.45) is 0 Å². The molecule has 2 bridgehead atoms. The first-order valence-corrected chi connectivity index (χ1v) is 16.1. The van der Waals surface area contributed by atoms with Gasteiger partial charge in [0.1, 0.15) is 0 Å². The fraction of sp³-hybridized carbons (Fsp3) is 0.581. The number of likely N-dealkylation sites (tertiary alicyclic amines) is 1. The fourth-order valence-electron chi connectivity index (χ4n) is 7.62. The van der Waals surface area contributed by atoms with E-state index >= 15 is 4.39 Å². The van der Waals surface area contributed by atoms with Crippen LogP contribution in [0, 0.1) is 5.82 Å². The van der Waals surface area contributed by atoms with Crippen LogP contribution in [-0.4, -0.2) is 66.9 Å². The molecule has 4 atom stereocenters.